The fourth-order valence-corrected chi connectivity index (χ4v) is 3.30. The monoisotopic (exact) mass is 314 g/mol. The average Bonchev–Trinajstić information content (AvgIpc) is 2.69. The lowest BCUT2D eigenvalue weighted by atomic mass is 10.1. The van der Waals surface area contributed by atoms with Gasteiger partial charge in [-0.3, -0.25) is 0 Å². The third-order valence-corrected chi connectivity index (χ3v) is 4.11. The molecule has 3 heterocycles. The molecule has 0 amide bonds. The number of aromatic nitrogens is 3. The van der Waals surface area contributed by atoms with E-state index in [0.717, 1.165) is 41.4 Å². The number of piperidine rings is 1. The molecule has 1 N–H and O–H groups in total. The normalized spacial score (nSPS) is 17.8. The first-order valence-electron chi connectivity index (χ1n) is 5.64. The van der Waals surface area contributed by atoms with Gasteiger partial charge >= 0.3 is 0 Å². The SMILES string of the molecule is Clc1ncnc2c1c(Br)cn2C1CCNCC1. The standard InChI is InChI=1S/C11H12BrClN4/c12-8-5-17(7-1-3-14-4-2-7)11-9(8)10(13)15-6-16-11/h5-7,14H,1-4H2. The van der Waals surface area contributed by atoms with Gasteiger partial charge in [-0.1, -0.05) is 11.6 Å². The number of nitrogens with one attached hydrogen (secondary N) is 1. The summed E-state index contributed by atoms with van der Waals surface area (Å²) in [6.07, 6.45) is 5.84. The molecule has 2 aromatic rings. The van der Waals surface area contributed by atoms with Gasteiger partial charge in [-0.2, -0.15) is 0 Å². The Labute approximate surface area is 113 Å². The second kappa shape index (κ2) is 4.55. The van der Waals surface area contributed by atoms with Crippen molar-refractivity contribution >= 4 is 38.6 Å². The van der Waals surface area contributed by atoms with Crippen molar-refractivity contribution in [1.29, 1.82) is 0 Å². The molecule has 0 radical (unpaired) electrons. The number of nitrogens with zero attached hydrogens (tertiary/aromatic N) is 3. The number of fused-ring (bicyclic) bond motifs is 1. The molecule has 0 aromatic carbocycles. The summed E-state index contributed by atoms with van der Waals surface area (Å²) in [7, 11) is 0. The van der Waals surface area contributed by atoms with Crippen LogP contribution in [0.25, 0.3) is 11.0 Å². The van der Waals surface area contributed by atoms with Crippen molar-refractivity contribution in [2.24, 2.45) is 0 Å². The van der Waals surface area contributed by atoms with Crippen LogP contribution in [0.5, 0.6) is 0 Å². The Morgan fingerprint density at radius 1 is 1.35 bits per heavy atom. The quantitative estimate of drug-likeness (QED) is 0.823. The molecule has 0 aliphatic carbocycles. The Morgan fingerprint density at radius 2 is 2.12 bits per heavy atom. The first-order valence-corrected chi connectivity index (χ1v) is 6.81. The van der Waals surface area contributed by atoms with E-state index in [0.29, 0.717) is 11.2 Å². The molecule has 0 unspecified atom stereocenters. The maximum Gasteiger partial charge on any atom is 0.146 e. The molecule has 1 saturated heterocycles. The minimum absolute atomic E-state index is 0.496. The molecular weight excluding hydrogens is 304 g/mol. The highest BCUT2D eigenvalue weighted by Crippen LogP contribution is 2.33. The summed E-state index contributed by atoms with van der Waals surface area (Å²) >= 11 is 9.64. The summed E-state index contributed by atoms with van der Waals surface area (Å²) in [4.78, 5) is 8.38. The zero-order chi connectivity index (χ0) is 11.8. The molecule has 0 atom stereocenters. The van der Waals surface area contributed by atoms with Gasteiger partial charge in [0.05, 0.1) is 5.39 Å². The van der Waals surface area contributed by atoms with Crippen molar-refractivity contribution in [3.63, 3.8) is 0 Å². The zero-order valence-corrected chi connectivity index (χ0v) is 11.5. The Kier molecular flexibility index (Phi) is 3.06. The first kappa shape index (κ1) is 11.4. The third-order valence-electron chi connectivity index (χ3n) is 3.22. The second-order valence-corrected chi connectivity index (χ2v) is 5.44. The van der Waals surface area contributed by atoms with Crippen LogP contribution in [-0.2, 0) is 0 Å². The summed E-state index contributed by atoms with van der Waals surface area (Å²) in [6, 6.07) is 0.496. The predicted octanol–water partition coefficient (Wildman–Crippen LogP) is 2.77. The lowest BCUT2D eigenvalue weighted by Crippen LogP contribution is -2.29. The van der Waals surface area contributed by atoms with Crippen LogP contribution in [0.3, 0.4) is 0 Å². The minimum Gasteiger partial charge on any atom is -0.328 e. The molecule has 1 fully saturated rings. The van der Waals surface area contributed by atoms with E-state index in [4.69, 9.17) is 11.6 Å². The zero-order valence-electron chi connectivity index (χ0n) is 9.16. The average molecular weight is 316 g/mol. The maximum atomic E-state index is 6.11. The number of hydrogen-bond acceptors (Lipinski definition) is 3. The number of rotatable bonds is 1. The van der Waals surface area contributed by atoms with E-state index in [9.17, 15) is 0 Å². The van der Waals surface area contributed by atoms with Crippen LogP contribution < -0.4 is 5.32 Å². The van der Waals surface area contributed by atoms with Gasteiger partial charge in [0.1, 0.15) is 17.1 Å². The molecule has 6 heteroatoms. The minimum atomic E-state index is 0.496. The first-order chi connectivity index (χ1) is 8.27. The summed E-state index contributed by atoms with van der Waals surface area (Å²) < 4.78 is 3.19. The lowest BCUT2D eigenvalue weighted by molar-refractivity contribution is 0.374. The molecule has 4 nitrogen and oxygen atoms in total. The van der Waals surface area contributed by atoms with Crippen molar-refractivity contribution in [2.75, 3.05) is 13.1 Å². The van der Waals surface area contributed by atoms with Crippen molar-refractivity contribution in [3.8, 4) is 0 Å². The topological polar surface area (TPSA) is 42.7 Å². The molecule has 3 rings (SSSR count). The van der Waals surface area contributed by atoms with Crippen molar-refractivity contribution in [2.45, 2.75) is 18.9 Å². The Bertz CT molecular complexity index is 548. The van der Waals surface area contributed by atoms with Gasteiger partial charge in [-0.25, -0.2) is 9.97 Å². The van der Waals surface area contributed by atoms with Crippen LogP contribution in [0.4, 0.5) is 0 Å². The predicted molar refractivity (Wildman–Crippen MR) is 71.4 cm³/mol. The van der Waals surface area contributed by atoms with Crippen molar-refractivity contribution in [1.82, 2.24) is 19.9 Å². The molecule has 2 aromatic heterocycles. The van der Waals surface area contributed by atoms with Gasteiger partial charge in [0.2, 0.25) is 0 Å². The highest BCUT2D eigenvalue weighted by molar-refractivity contribution is 9.10. The van der Waals surface area contributed by atoms with Gasteiger partial charge < -0.3 is 9.88 Å². The number of hydrogen-bond donors (Lipinski definition) is 1. The van der Waals surface area contributed by atoms with Gasteiger partial charge in [0.15, 0.2) is 0 Å². The molecule has 17 heavy (non-hydrogen) atoms. The number of halogens is 2. The third kappa shape index (κ3) is 1.96. The van der Waals surface area contributed by atoms with E-state index in [2.05, 4.69) is 42.0 Å². The Balaban J connectivity index is 2.13. The molecule has 90 valence electrons. The fourth-order valence-electron chi connectivity index (χ4n) is 2.37. The van der Waals surface area contributed by atoms with Crippen LogP contribution in [0.1, 0.15) is 18.9 Å². The molecule has 0 saturated carbocycles. The van der Waals surface area contributed by atoms with Crippen LogP contribution in [0.2, 0.25) is 5.15 Å². The van der Waals surface area contributed by atoms with Crippen LogP contribution in [-0.4, -0.2) is 27.6 Å². The Hall–Kier alpha value is -0.650. The maximum absolute atomic E-state index is 6.11. The van der Waals surface area contributed by atoms with E-state index in [1.54, 1.807) is 0 Å². The van der Waals surface area contributed by atoms with Crippen LogP contribution in [0.15, 0.2) is 17.0 Å². The second-order valence-electron chi connectivity index (χ2n) is 4.23. The smallest absolute Gasteiger partial charge is 0.146 e. The van der Waals surface area contributed by atoms with Gasteiger partial charge in [-0.15, -0.1) is 0 Å². The fraction of sp³-hybridized carbons (Fsp3) is 0.455. The summed E-state index contributed by atoms with van der Waals surface area (Å²) in [5.74, 6) is 0. The van der Waals surface area contributed by atoms with E-state index >= 15 is 0 Å². The summed E-state index contributed by atoms with van der Waals surface area (Å²) in [6.45, 7) is 2.11. The van der Waals surface area contributed by atoms with Gasteiger partial charge in [0.25, 0.3) is 0 Å². The van der Waals surface area contributed by atoms with Crippen LogP contribution in [0, 0.1) is 0 Å². The molecule has 0 spiro atoms. The van der Waals surface area contributed by atoms with E-state index in [1.165, 1.54) is 6.33 Å². The van der Waals surface area contributed by atoms with E-state index in [1.807, 2.05) is 0 Å². The molecular formula is C11H12BrClN4. The summed E-state index contributed by atoms with van der Waals surface area (Å²) in [5.41, 5.74) is 0.920. The molecule has 1 aliphatic rings. The van der Waals surface area contributed by atoms with Gasteiger partial charge in [0, 0.05) is 16.7 Å². The molecule has 0 bridgehead atoms. The highest BCUT2D eigenvalue weighted by atomic mass is 79.9. The Morgan fingerprint density at radius 3 is 2.88 bits per heavy atom. The summed E-state index contributed by atoms with van der Waals surface area (Å²) in [5, 5.41) is 4.79. The van der Waals surface area contributed by atoms with Crippen LogP contribution >= 0.6 is 27.5 Å². The van der Waals surface area contributed by atoms with Crippen molar-refractivity contribution < 1.29 is 0 Å². The highest BCUT2D eigenvalue weighted by Gasteiger charge is 2.20. The van der Waals surface area contributed by atoms with E-state index < -0.39 is 0 Å². The molecule has 1 aliphatic heterocycles. The lowest BCUT2D eigenvalue weighted by Gasteiger charge is -2.24. The van der Waals surface area contributed by atoms with Crippen molar-refractivity contribution in [3.05, 3.63) is 22.1 Å². The van der Waals surface area contributed by atoms with Gasteiger partial charge in [-0.05, 0) is 41.9 Å². The largest absolute Gasteiger partial charge is 0.328 e. The van der Waals surface area contributed by atoms with E-state index in [-0.39, 0.29) is 0 Å².